The van der Waals surface area contributed by atoms with Crippen LogP contribution >= 0.6 is 17.2 Å². The maximum absolute atomic E-state index is 6.54. The van der Waals surface area contributed by atoms with Gasteiger partial charge in [-0.25, -0.2) is 0 Å². The van der Waals surface area contributed by atoms with Crippen LogP contribution in [0.2, 0.25) is 0 Å². The Bertz CT molecular complexity index is 1560. The van der Waals surface area contributed by atoms with Gasteiger partial charge in [0.25, 0.3) is 0 Å². The number of para-hydroxylation sites is 2. The highest BCUT2D eigenvalue weighted by molar-refractivity contribution is 7.42. The van der Waals surface area contributed by atoms with Crippen molar-refractivity contribution < 1.29 is 27.1 Å². The molecule has 0 fully saturated rings. The normalized spacial score (nSPS) is 11.2. The molecule has 0 aliphatic heterocycles. The van der Waals surface area contributed by atoms with E-state index < -0.39 is 17.2 Å². The van der Waals surface area contributed by atoms with E-state index in [-0.39, 0.29) is 0 Å². The Labute approximate surface area is 381 Å². The molecule has 0 radical (unpaired) electrons. The summed E-state index contributed by atoms with van der Waals surface area (Å²) in [7, 11) is -2.98. The highest BCUT2D eigenvalue weighted by Gasteiger charge is 2.21. The van der Waals surface area contributed by atoms with Gasteiger partial charge in [0.05, 0.1) is 13.2 Å². The molecule has 0 N–H and O–H groups in total. The largest absolute Gasteiger partial charge is 0.463 e. The van der Waals surface area contributed by atoms with Crippen LogP contribution in [0.4, 0.5) is 0 Å². The first-order valence-corrected chi connectivity index (χ1v) is 26.4. The zero-order valence-electron chi connectivity index (χ0n) is 39.7. The monoisotopic (exact) mass is 889 g/mol. The second-order valence-electron chi connectivity index (χ2n) is 17.0. The molecule has 6 nitrogen and oxygen atoms in total. The fourth-order valence-corrected chi connectivity index (χ4v) is 8.82. The van der Waals surface area contributed by atoms with E-state index in [1.54, 1.807) is 0 Å². The molecule has 8 heteroatoms. The Morgan fingerprint density at radius 3 is 1.24 bits per heavy atom. The zero-order valence-corrected chi connectivity index (χ0v) is 41.5. The first-order valence-electron chi connectivity index (χ1n) is 24.2. The molecule has 0 unspecified atom stereocenters. The predicted molar refractivity (Wildman–Crippen MR) is 266 cm³/mol. The van der Waals surface area contributed by atoms with Gasteiger partial charge in [-0.15, -0.1) is 0 Å². The van der Waals surface area contributed by atoms with Gasteiger partial charge in [-0.2, -0.15) is 0 Å². The van der Waals surface area contributed by atoms with Crippen molar-refractivity contribution >= 4 is 17.2 Å². The van der Waals surface area contributed by atoms with Crippen LogP contribution in [0.3, 0.4) is 0 Å². The molecule has 0 amide bonds. The summed E-state index contributed by atoms with van der Waals surface area (Å²) in [5.74, 6) is 4.11. The number of unbranched alkanes of at least 4 members (excludes halogenated alkanes) is 13. The molecule has 344 valence electrons. The standard InChI is InChI=1S/C36H59O3P.C18H23O3P/c1-5-7-9-11-13-17-25-33-27-19-21-29-35(33)38-40(37-31-23-15-16-24-32(3)4)39-36-30-22-20-28-34(36)26-18-14-12-10-8-6-2;1-4-5-14-19-22(20-17-10-6-15(2)7-11-17)21-18-12-8-16(3)9-13-18/h19-22,27-30,32H,5-18,23-26,31H2,1-4H3;6-13H,4-5,14H2,1-3H3. The van der Waals surface area contributed by atoms with Crippen molar-refractivity contribution in [1.29, 1.82) is 0 Å². The van der Waals surface area contributed by atoms with Crippen molar-refractivity contribution in [3.63, 3.8) is 0 Å². The van der Waals surface area contributed by atoms with Gasteiger partial charge in [-0.1, -0.05) is 196 Å². The molecule has 0 saturated carbocycles. The summed E-state index contributed by atoms with van der Waals surface area (Å²) in [5.41, 5.74) is 4.91. The van der Waals surface area contributed by atoms with Gasteiger partial charge in [0.15, 0.2) is 0 Å². The Morgan fingerprint density at radius 1 is 0.403 bits per heavy atom. The van der Waals surface area contributed by atoms with Crippen molar-refractivity contribution in [2.75, 3.05) is 13.2 Å². The van der Waals surface area contributed by atoms with E-state index in [0.29, 0.717) is 13.2 Å². The molecular formula is C54H82O6P2. The van der Waals surface area contributed by atoms with Crippen LogP contribution in [0.1, 0.15) is 172 Å². The molecule has 0 atom stereocenters. The van der Waals surface area contributed by atoms with Crippen LogP contribution in [0.15, 0.2) is 97.1 Å². The van der Waals surface area contributed by atoms with Crippen molar-refractivity contribution in [2.45, 2.75) is 177 Å². The van der Waals surface area contributed by atoms with E-state index in [1.807, 2.05) is 62.4 Å². The van der Waals surface area contributed by atoms with Crippen molar-refractivity contribution in [1.82, 2.24) is 0 Å². The van der Waals surface area contributed by atoms with Crippen molar-refractivity contribution in [2.24, 2.45) is 5.92 Å². The van der Waals surface area contributed by atoms with Crippen LogP contribution < -0.4 is 18.1 Å². The van der Waals surface area contributed by atoms with Gasteiger partial charge in [0, 0.05) is 0 Å². The van der Waals surface area contributed by atoms with Gasteiger partial charge in [-0.3, -0.25) is 9.05 Å². The molecule has 0 saturated heterocycles. The van der Waals surface area contributed by atoms with Crippen molar-refractivity contribution in [3.05, 3.63) is 119 Å². The van der Waals surface area contributed by atoms with E-state index in [9.17, 15) is 0 Å². The number of benzene rings is 4. The molecule has 0 bridgehead atoms. The Balaban J connectivity index is 0.000000390. The third-order valence-corrected chi connectivity index (χ3v) is 12.8. The van der Waals surface area contributed by atoms with Crippen LogP contribution in [-0.2, 0) is 21.9 Å². The lowest BCUT2D eigenvalue weighted by Gasteiger charge is -2.21. The van der Waals surface area contributed by atoms with Crippen molar-refractivity contribution in [3.8, 4) is 23.0 Å². The molecule has 62 heavy (non-hydrogen) atoms. The van der Waals surface area contributed by atoms with Gasteiger partial charge in [0.1, 0.15) is 23.0 Å². The van der Waals surface area contributed by atoms with E-state index in [4.69, 9.17) is 27.1 Å². The van der Waals surface area contributed by atoms with E-state index >= 15 is 0 Å². The van der Waals surface area contributed by atoms with E-state index in [0.717, 1.165) is 61.0 Å². The van der Waals surface area contributed by atoms with Gasteiger partial charge < -0.3 is 18.1 Å². The van der Waals surface area contributed by atoms with Crippen LogP contribution in [0.25, 0.3) is 0 Å². The average molecular weight is 889 g/mol. The summed E-state index contributed by atoms with van der Waals surface area (Å²) in [5, 5.41) is 0. The maximum Gasteiger partial charge on any atom is 0.463 e. The van der Waals surface area contributed by atoms with E-state index in [1.165, 1.54) is 119 Å². The fourth-order valence-electron chi connectivity index (χ4n) is 6.72. The predicted octanol–water partition coefficient (Wildman–Crippen LogP) is 18.2. The van der Waals surface area contributed by atoms with Crippen LogP contribution in [0, 0.1) is 19.8 Å². The Kier molecular flexibility index (Phi) is 29.4. The third kappa shape index (κ3) is 24.6. The van der Waals surface area contributed by atoms with Gasteiger partial charge in [0.2, 0.25) is 0 Å². The summed E-state index contributed by atoms with van der Waals surface area (Å²) in [4.78, 5) is 0. The third-order valence-electron chi connectivity index (χ3n) is 10.6. The number of rotatable bonds is 33. The minimum atomic E-state index is -1.53. The lowest BCUT2D eigenvalue weighted by Crippen LogP contribution is -2.04. The highest BCUT2D eigenvalue weighted by atomic mass is 31.2. The quantitative estimate of drug-likeness (QED) is 0.0351. The van der Waals surface area contributed by atoms with E-state index in [2.05, 4.69) is 83.1 Å². The van der Waals surface area contributed by atoms with Gasteiger partial charge >= 0.3 is 17.2 Å². The van der Waals surface area contributed by atoms with Crippen LogP contribution in [0.5, 0.6) is 23.0 Å². The summed E-state index contributed by atoms with van der Waals surface area (Å²) in [6.07, 6.45) is 24.4. The summed E-state index contributed by atoms with van der Waals surface area (Å²) >= 11 is 0. The van der Waals surface area contributed by atoms with Gasteiger partial charge in [-0.05, 0) is 106 Å². The number of aryl methyl sites for hydroxylation is 4. The minimum Gasteiger partial charge on any atom is -0.418 e. The molecule has 0 spiro atoms. The summed E-state index contributed by atoms with van der Waals surface area (Å²) in [6, 6.07) is 32.7. The Hall–Kier alpha value is -3.14. The lowest BCUT2D eigenvalue weighted by molar-refractivity contribution is 0.256. The second kappa shape index (κ2) is 34.3. The lowest BCUT2D eigenvalue weighted by atomic mass is 10.0. The molecule has 0 aromatic heterocycles. The highest BCUT2D eigenvalue weighted by Crippen LogP contribution is 2.45. The number of hydrogen-bond donors (Lipinski definition) is 0. The maximum atomic E-state index is 6.54. The zero-order chi connectivity index (χ0) is 44.5. The molecule has 0 aliphatic carbocycles. The number of hydrogen-bond acceptors (Lipinski definition) is 6. The fraction of sp³-hybridized carbons (Fsp3) is 0.556. The SMILES string of the molecule is CCCCCCCCc1ccccc1OP(OCCCCCC(C)C)Oc1ccccc1CCCCCCCC.CCCCOP(Oc1ccc(C)cc1)Oc1ccc(C)cc1. The molecule has 4 aromatic rings. The topological polar surface area (TPSA) is 55.4 Å². The van der Waals surface area contributed by atoms with Crippen LogP contribution in [-0.4, -0.2) is 13.2 Å². The summed E-state index contributed by atoms with van der Waals surface area (Å²) < 4.78 is 36.9. The molecule has 0 aliphatic rings. The first-order chi connectivity index (χ1) is 30.3. The smallest absolute Gasteiger partial charge is 0.418 e. The second-order valence-corrected chi connectivity index (χ2v) is 19.1. The first kappa shape index (κ1) is 53.2. The average Bonchev–Trinajstić information content (AvgIpc) is 3.27. The molecular weight excluding hydrogens is 807 g/mol. The molecule has 4 aromatic carbocycles. The summed E-state index contributed by atoms with van der Waals surface area (Å²) in [6.45, 7) is 16.7. The molecule has 0 heterocycles. The Morgan fingerprint density at radius 2 is 0.790 bits per heavy atom. The minimum absolute atomic E-state index is 0.639. The molecule has 4 rings (SSSR count).